The second kappa shape index (κ2) is 7.28. The fourth-order valence-corrected chi connectivity index (χ4v) is 3.63. The zero-order chi connectivity index (χ0) is 13.7. The Morgan fingerprint density at radius 2 is 1.79 bits per heavy atom. The quantitative estimate of drug-likeness (QED) is 0.822. The van der Waals surface area contributed by atoms with Crippen molar-refractivity contribution < 1.29 is 4.79 Å². The van der Waals surface area contributed by atoms with Crippen molar-refractivity contribution in [1.29, 1.82) is 0 Å². The van der Waals surface area contributed by atoms with Crippen LogP contribution in [-0.4, -0.2) is 18.5 Å². The summed E-state index contributed by atoms with van der Waals surface area (Å²) in [5.74, 6) is 2.01. The van der Waals surface area contributed by atoms with Gasteiger partial charge < -0.3 is 11.1 Å². The van der Waals surface area contributed by atoms with Gasteiger partial charge in [0.05, 0.1) is 5.92 Å². The number of carbonyl (C=O) groups is 1. The summed E-state index contributed by atoms with van der Waals surface area (Å²) in [7, 11) is 0. The van der Waals surface area contributed by atoms with Crippen LogP contribution in [0.1, 0.15) is 64.7 Å². The van der Waals surface area contributed by atoms with E-state index in [9.17, 15) is 4.79 Å². The van der Waals surface area contributed by atoms with Crippen LogP contribution < -0.4 is 11.1 Å². The van der Waals surface area contributed by atoms with Crippen molar-refractivity contribution in [3.05, 3.63) is 0 Å². The molecule has 0 radical (unpaired) electrons. The van der Waals surface area contributed by atoms with Gasteiger partial charge in [-0.2, -0.15) is 0 Å². The maximum atomic E-state index is 12.1. The highest BCUT2D eigenvalue weighted by atomic mass is 16.1. The van der Waals surface area contributed by atoms with E-state index in [1.807, 2.05) is 0 Å². The molecule has 0 aromatic carbocycles. The number of rotatable bonds is 4. The number of nitrogens with two attached hydrogens (primary N) is 1. The third-order valence-corrected chi connectivity index (χ3v) is 5.14. The summed E-state index contributed by atoms with van der Waals surface area (Å²) in [5.41, 5.74) is 6.05. The average molecular weight is 266 g/mol. The highest BCUT2D eigenvalue weighted by molar-refractivity contribution is 5.79. The smallest absolute Gasteiger partial charge is 0.224 e. The molecular weight excluding hydrogens is 236 g/mol. The predicted molar refractivity (Wildman–Crippen MR) is 78.7 cm³/mol. The van der Waals surface area contributed by atoms with E-state index in [2.05, 4.69) is 12.2 Å². The van der Waals surface area contributed by atoms with E-state index in [0.717, 1.165) is 44.1 Å². The van der Waals surface area contributed by atoms with E-state index >= 15 is 0 Å². The summed E-state index contributed by atoms with van der Waals surface area (Å²) in [6, 6.07) is 0.0873. The summed E-state index contributed by atoms with van der Waals surface area (Å²) in [5, 5.41) is 3.12. The minimum Gasteiger partial charge on any atom is -0.356 e. The highest BCUT2D eigenvalue weighted by Crippen LogP contribution is 2.30. The summed E-state index contributed by atoms with van der Waals surface area (Å²) in [6.45, 7) is 3.20. The van der Waals surface area contributed by atoms with Gasteiger partial charge in [0.1, 0.15) is 0 Å². The first-order valence-electron chi connectivity index (χ1n) is 8.20. The first-order valence-corrected chi connectivity index (χ1v) is 8.20. The second-order valence-corrected chi connectivity index (χ2v) is 6.76. The normalized spacial score (nSPS) is 35.9. The topological polar surface area (TPSA) is 55.1 Å². The van der Waals surface area contributed by atoms with Crippen LogP contribution in [0.3, 0.4) is 0 Å². The van der Waals surface area contributed by atoms with E-state index in [4.69, 9.17) is 5.73 Å². The van der Waals surface area contributed by atoms with Gasteiger partial charge in [0.15, 0.2) is 0 Å². The number of hydrogen-bond acceptors (Lipinski definition) is 2. The van der Waals surface area contributed by atoms with Gasteiger partial charge in [0.2, 0.25) is 5.91 Å². The molecule has 2 aliphatic rings. The van der Waals surface area contributed by atoms with Crippen molar-refractivity contribution in [3.63, 3.8) is 0 Å². The molecule has 2 rings (SSSR count). The molecule has 3 heteroatoms. The molecule has 2 unspecified atom stereocenters. The zero-order valence-electron chi connectivity index (χ0n) is 12.4. The SMILES string of the molecule is CC1CCC(CCNC(=O)C2CCCCC2N)CC1. The molecule has 2 saturated carbocycles. The van der Waals surface area contributed by atoms with Crippen molar-refractivity contribution >= 4 is 5.91 Å². The van der Waals surface area contributed by atoms with Gasteiger partial charge in [-0.25, -0.2) is 0 Å². The molecule has 3 nitrogen and oxygen atoms in total. The molecule has 3 N–H and O–H groups in total. The number of nitrogens with one attached hydrogen (secondary N) is 1. The van der Waals surface area contributed by atoms with Crippen LogP contribution in [0.2, 0.25) is 0 Å². The fourth-order valence-electron chi connectivity index (χ4n) is 3.63. The lowest BCUT2D eigenvalue weighted by atomic mass is 9.81. The maximum Gasteiger partial charge on any atom is 0.224 e. The number of carbonyl (C=O) groups excluding carboxylic acids is 1. The first kappa shape index (κ1) is 14.8. The van der Waals surface area contributed by atoms with Gasteiger partial charge >= 0.3 is 0 Å². The van der Waals surface area contributed by atoms with Crippen molar-refractivity contribution in [2.24, 2.45) is 23.5 Å². The Morgan fingerprint density at radius 3 is 2.47 bits per heavy atom. The van der Waals surface area contributed by atoms with E-state index in [1.54, 1.807) is 0 Å². The Labute approximate surface area is 117 Å². The summed E-state index contributed by atoms with van der Waals surface area (Å²) < 4.78 is 0. The number of hydrogen-bond donors (Lipinski definition) is 2. The minimum atomic E-state index is 0.0696. The lowest BCUT2D eigenvalue weighted by Crippen LogP contribution is -2.44. The fraction of sp³-hybridized carbons (Fsp3) is 0.938. The molecule has 2 atom stereocenters. The molecule has 0 bridgehead atoms. The van der Waals surface area contributed by atoms with Gasteiger partial charge in [0, 0.05) is 12.6 Å². The highest BCUT2D eigenvalue weighted by Gasteiger charge is 2.28. The Hall–Kier alpha value is -0.570. The molecule has 0 heterocycles. The molecule has 19 heavy (non-hydrogen) atoms. The van der Waals surface area contributed by atoms with Gasteiger partial charge in [-0.05, 0) is 31.1 Å². The van der Waals surface area contributed by atoms with Crippen molar-refractivity contribution in [2.45, 2.75) is 70.8 Å². The van der Waals surface area contributed by atoms with Crippen LogP contribution in [0.25, 0.3) is 0 Å². The number of amides is 1. The van der Waals surface area contributed by atoms with Gasteiger partial charge in [-0.1, -0.05) is 45.4 Å². The van der Waals surface area contributed by atoms with E-state index in [0.29, 0.717) is 0 Å². The maximum absolute atomic E-state index is 12.1. The van der Waals surface area contributed by atoms with E-state index in [-0.39, 0.29) is 17.9 Å². The van der Waals surface area contributed by atoms with Crippen LogP contribution >= 0.6 is 0 Å². The molecule has 0 spiro atoms. The van der Waals surface area contributed by atoms with Crippen molar-refractivity contribution in [2.75, 3.05) is 6.54 Å². The Morgan fingerprint density at radius 1 is 1.11 bits per heavy atom. The average Bonchev–Trinajstić information content (AvgIpc) is 2.41. The Bertz CT molecular complexity index is 284. The van der Waals surface area contributed by atoms with Gasteiger partial charge in [0.25, 0.3) is 0 Å². The molecule has 2 aliphatic carbocycles. The van der Waals surface area contributed by atoms with Crippen LogP contribution in [0.15, 0.2) is 0 Å². The Balaban J connectivity index is 1.63. The minimum absolute atomic E-state index is 0.0696. The first-order chi connectivity index (χ1) is 9.16. The lowest BCUT2D eigenvalue weighted by Gasteiger charge is -2.28. The van der Waals surface area contributed by atoms with Gasteiger partial charge in [-0.15, -0.1) is 0 Å². The van der Waals surface area contributed by atoms with Crippen molar-refractivity contribution in [1.82, 2.24) is 5.32 Å². The lowest BCUT2D eigenvalue weighted by molar-refractivity contribution is -0.126. The van der Waals surface area contributed by atoms with Crippen molar-refractivity contribution in [3.8, 4) is 0 Å². The third kappa shape index (κ3) is 4.48. The molecule has 110 valence electrons. The third-order valence-electron chi connectivity index (χ3n) is 5.14. The zero-order valence-corrected chi connectivity index (χ0v) is 12.4. The van der Waals surface area contributed by atoms with Crippen LogP contribution in [0.5, 0.6) is 0 Å². The molecule has 0 aromatic rings. The van der Waals surface area contributed by atoms with Crippen LogP contribution in [0, 0.1) is 17.8 Å². The largest absolute Gasteiger partial charge is 0.356 e. The standard InChI is InChI=1S/C16H30N2O/c1-12-6-8-13(9-7-12)10-11-18-16(19)14-4-2-3-5-15(14)17/h12-15H,2-11,17H2,1H3,(H,18,19). The molecule has 2 fully saturated rings. The van der Waals surface area contributed by atoms with E-state index < -0.39 is 0 Å². The second-order valence-electron chi connectivity index (χ2n) is 6.76. The van der Waals surface area contributed by atoms with Crippen LogP contribution in [0.4, 0.5) is 0 Å². The van der Waals surface area contributed by atoms with Gasteiger partial charge in [-0.3, -0.25) is 4.79 Å². The summed E-state index contributed by atoms with van der Waals surface area (Å²) in [6.07, 6.45) is 10.9. The summed E-state index contributed by atoms with van der Waals surface area (Å²) >= 11 is 0. The summed E-state index contributed by atoms with van der Waals surface area (Å²) in [4.78, 5) is 12.1. The van der Waals surface area contributed by atoms with E-state index in [1.165, 1.54) is 32.1 Å². The van der Waals surface area contributed by atoms with Crippen LogP contribution in [-0.2, 0) is 4.79 Å². The predicted octanol–water partition coefficient (Wildman–Crippen LogP) is 2.84. The molecule has 0 aromatic heterocycles. The molecular formula is C16H30N2O. The monoisotopic (exact) mass is 266 g/mol. The Kier molecular flexibility index (Phi) is 5.68. The molecule has 0 aliphatic heterocycles. The molecule has 0 saturated heterocycles. The molecule has 1 amide bonds.